The quantitative estimate of drug-likeness (QED) is 0.591. The molecule has 0 aromatic heterocycles. The van der Waals surface area contributed by atoms with E-state index in [2.05, 4.69) is 0 Å². The molecule has 106 valence electrons. The van der Waals surface area contributed by atoms with Crippen molar-refractivity contribution < 1.29 is 19.0 Å². The number of carbonyl (C=O) groups excluding carboxylic acids is 1. The topological polar surface area (TPSA) is 70.8 Å². The highest BCUT2D eigenvalue weighted by Crippen LogP contribution is 2.30. The smallest absolute Gasteiger partial charge is 0.313 e. The number of esters is 1. The molecule has 0 aliphatic carbocycles. The van der Waals surface area contributed by atoms with Gasteiger partial charge in [-0.15, -0.1) is 0 Å². The lowest BCUT2D eigenvalue weighted by molar-refractivity contribution is -0.164. The highest BCUT2D eigenvalue weighted by atomic mass is 16.6. The first-order valence-electron chi connectivity index (χ1n) is 6.49. The second-order valence-corrected chi connectivity index (χ2v) is 5.69. The molecule has 0 saturated carbocycles. The van der Waals surface area contributed by atoms with Crippen LogP contribution in [0.5, 0.6) is 0 Å². The van der Waals surface area contributed by atoms with Crippen molar-refractivity contribution in [1.29, 1.82) is 0 Å². The zero-order chi connectivity index (χ0) is 13.6. The largest absolute Gasteiger partial charge is 0.463 e. The average molecular weight is 259 g/mol. The van der Waals surface area contributed by atoms with E-state index in [-0.39, 0.29) is 18.2 Å². The first-order chi connectivity index (χ1) is 8.40. The van der Waals surface area contributed by atoms with Crippen LogP contribution in [0, 0.1) is 5.41 Å². The van der Waals surface area contributed by atoms with Crippen LogP contribution in [0.1, 0.15) is 33.6 Å². The van der Waals surface area contributed by atoms with Crippen molar-refractivity contribution in [3.8, 4) is 0 Å². The van der Waals surface area contributed by atoms with E-state index in [1.165, 1.54) is 0 Å². The van der Waals surface area contributed by atoms with Crippen molar-refractivity contribution in [2.24, 2.45) is 11.1 Å². The summed E-state index contributed by atoms with van der Waals surface area (Å²) in [7, 11) is 0. The van der Waals surface area contributed by atoms with E-state index in [0.717, 1.165) is 0 Å². The molecular formula is C13H25NO4. The first kappa shape index (κ1) is 15.4. The summed E-state index contributed by atoms with van der Waals surface area (Å²) in [4.78, 5) is 12.1. The highest BCUT2D eigenvalue weighted by Gasteiger charge is 2.40. The summed E-state index contributed by atoms with van der Waals surface area (Å²) in [6, 6.07) is 0. The van der Waals surface area contributed by atoms with Crippen molar-refractivity contribution >= 4 is 5.97 Å². The number of rotatable bonds is 5. The lowest BCUT2D eigenvalue weighted by atomic mass is 9.80. The Bertz CT molecular complexity index is 267. The van der Waals surface area contributed by atoms with Gasteiger partial charge in [-0.1, -0.05) is 0 Å². The predicted octanol–water partition coefficient (Wildman–Crippen LogP) is 1.10. The van der Waals surface area contributed by atoms with E-state index in [0.29, 0.717) is 39.2 Å². The molecule has 0 radical (unpaired) electrons. The van der Waals surface area contributed by atoms with Crippen LogP contribution in [0.4, 0.5) is 0 Å². The number of nitrogens with two attached hydrogens (primary N) is 1. The maximum absolute atomic E-state index is 12.1. The van der Waals surface area contributed by atoms with Gasteiger partial charge in [-0.25, -0.2) is 0 Å². The Labute approximate surface area is 109 Å². The number of ether oxygens (including phenoxy) is 3. The van der Waals surface area contributed by atoms with E-state index < -0.39 is 5.41 Å². The molecule has 0 unspecified atom stereocenters. The SMILES string of the molecule is CC(C)(C)OCCOC(=O)C1(CN)CCOCC1. The van der Waals surface area contributed by atoms with Gasteiger partial charge in [-0.2, -0.15) is 0 Å². The van der Waals surface area contributed by atoms with Gasteiger partial charge in [0.2, 0.25) is 0 Å². The Hall–Kier alpha value is -0.650. The molecule has 1 aliphatic rings. The maximum Gasteiger partial charge on any atom is 0.313 e. The highest BCUT2D eigenvalue weighted by molar-refractivity contribution is 5.77. The molecule has 0 aromatic rings. The maximum atomic E-state index is 12.1. The van der Waals surface area contributed by atoms with Crippen LogP contribution >= 0.6 is 0 Å². The van der Waals surface area contributed by atoms with Gasteiger partial charge < -0.3 is 19.9 Å². The molecule has 1 rings (SSSR count). The third-order valence-electron chi connectivity index (χ3n) is 3.13. The molecule has 1 aliphatic heterocycles. The normalized spacial score (nSPS) is 19.6. The molecule has 1 fully saturated rings. The van der Waals surface area contributed by atoms with Crippen molar-refractivity contribution in [1.82, 2.24) is 0 Å². The standard InChI is InChI=1S/C13H25NO4/c1-12(2,3)18-9-8-17-11(15)13(10-14)4-6-16-7-5-13/h4-10,14H2,1-3H3. The van der Waals surface area contributed by atoms with Crippen LogP contribution in [-0.4, -0.2) is 44.5 Å². The van der Waals surface area contributed by atoms with E-state index in [4.69, 9.17) is 19.9 Å². The molecule has 2 N–H and O–H groups in total. The third kappa shape index (κ3) is 4.55. The third-order valence-corrected chi connectivity index (χ3v) is 3.13. The van der Waals surface area contributed by atoms with Gasteiger partial charge >= 0.3 is 5.97 Å². The lowest BCUT2D eigenvalue weighted by Crippen LogP contribution is -2.44. The fourth-order valence-electron chi connectivity index (χ4n) is 1.89. The zero-order valence-corrected chi connectivity index (χ0v) is 11.7. The van der Waals surface area contributed by atoms with E-state index in [1.54, 1.807) is 0 Å². The van der Waals surface area contributed by atoms with Crippen LogP contribution in [0.25, 0.3) is 0 Å². The molecule has 5 heteroatoms. The molecule has 0 aromatic carbocycles. The van der Waals surface area contributed by atoms with Gasteiger partial charge in [0.25, 0.3) is 0 Å². The summed E-state index contributed by atoms with van der Waals surface area (Å²) >= 11 is 0. The van der Waals surface area contributed by atoms with Crippen molar-refractivity contribution in [3.63, 3.8) is 0 Å². The molecule has 0 atom stereocenters. The van der Waals surface area contributed by atoms with Gasteiger partial charge in [0.05, 0.1) is 17.6 Å². The molecule has 0 amide bonds. The molecule has 5 nitrogen and oxygen atoms in total. The summed E-state index contributed by atoms with van der Waals surface area (Å²) in [6.07, 6.45) is 1.28. The summed E-state index contributed by atoms with van der Waals surface area (Å²) in [6.45, 7) is 8.05. The Kier molecular flexibility index (Phi) is 5.56. The number of carbonyl (C=O) groups is 1. The zero-order valence-electron chi connectivity index (χ0n) is 11.7. The molecule has 0 spiro atoms. The van der Waals surface area contributed by atoms with E-state index in [1.807, 2.05) is 20.8 Å². The molecular weight excluding hydrogens is 234 g/mol. The van der Waals surface area contributed by atoms with Gasteiger partial charge in [0.15, 0.2) is 0 Å². The van der Waals surface area contributed by atoms with Gasteiger partial charge in [0.1, 0.15) is 6.61 Å². The summed E-state index contributed by atoms with van der Waals surface area (Å²) < 4.78 is 16.0. The summed E-state index contributed by atoms with van der Waals surface area (Å²) in [5, 5.41) is 0. The van der Waals surface area contributed by atoms with Crippen LogP contribution in [0.3, 0.4) is 0 Å². The van der Waals surface area contributed by atoms with Crippen LogP contribution in [-0.2, 0) is 19.0 Å². The second kappa shape index (κ2) is 6.50. The Morgan fingerprint density at radius 1 is 1.28 bits per heavy atom. The van der Waals surface area contributed by atoms with Crippen LogP contribution < -0.4 is 5.73 Å². The van der Waals surface area contributed by atoms with Gasteiger partial charge in [0, 0.05) is 19.8 Å². The molecule has 1 heterocycles. The Morgan fingerprint density at radius 2 is 1.89 bits per heavy atom. The second-order valence-electron chi connectivity index (χ2n) is 5.69. The fraction of sp³-hybridized carbons (Fsp3) is 0.923. The van der Waals surface area contributed by atoms with Gasteiger partial charge in [-0.3, -0.25) is 4.79 Å². The van der Waals surface area contributed by atoms with Crippen molar-refractivity contribution in [2.45, 2.75) is 39.2 Å². The minimum absolute atomic E-state index is 0.212. The van der Waals surface area contributed by atoms with E-state index >= 15 is 0 Å². The average Bonchev–Trinajstić information content (AvgIpc) is 2.34. The molecule has 18 heavy (non-hydrogen) atoms. The fourth-order valence-corrected chi connectivity index (χ4v) is 1.89. The summed E-state index contributed by atoms with van der Waals surface area (Å²) in [5.74, 6) is -0.217. The minimum atomic E-state index is -0.556. The molecule has 1 saturated heterocycles. The van der Waals surface area contributed by atoms with Crippen LogP contribution in [0.15, 0.2) is 0 Å². The van der Waals surface area contributed by atoms with Crippen LogP contribution in [0.2, 0.25) is 0 Å². The number of hydrogen-bond donors (Lipinski definition) is 1. The lowest BCUT2D eigenvalue weighted by Gasteiger charge is -2.33. The Balaban J connectivity index is 2.34. The van der Waals surface area contributed by atoms with Crippen molar-refractivity contribution in [3.05, 3.63) is 0 Å². The van der Waals surface area contributed by atoms with Crippen molar-refractivity contribution in [2.75, 3.05) is 33.0 Å². The number of hydrogen-bond acceptors (Lipinski definition) is 5. The minimum Gasteiger partial charge on any atom is -0.463 e. The molecule has 0 bridgehead atoms. The first-order valence-corrected chi connectivity index (χ1v) is 6.49. The summed E-state index contributed by atoms with van der Waals surface area (Å²) in [5.41, 5.74) is 4.96. The Morgan fingerprint density at radius 3 is 2.39 bits per heavy atom. The van der Waals surface area contributed by atoms with Gasteiger partial charge in [-0.05, 0) is 33.6 Å². The van der Waals surface area contributed by atoms with E-state index in [9.17, 15) is 4.79 Å². The monoisotopic (exact) mass is 259 g/mol. The predicted molar refractivity (Wildman–Crippen MR) is 68.2 cm³/mol.